The fourth-order valence-corrected chi connectivity index (χ4v) is 1.33. The van der Waals surface area contributed by atoms with Gasteiger partial charge in [-0.15, -0.1) is 0 Å². The number of benzene rings is 1. The number of carbonyl (C=O) groups is 3. The Morgan fingerprint density at radius 3 is 2.65 bits per heavy atom. The van der Waals surface area contributed by atoms with E-state index >= 15 is 0 Å². The largest absolute Gasteiger partial charge is 0.478 e. The Hall–Kier alpha value is -2.64. The number of ether oxygens (including phenoxy) is 1. The molecule has 0 aliphatic heterocycles. The molecule has 1 aromatic rings. The average Bonchev–Trinajstić information content (AvgIpc) is 2.38. The van der Waals surface area contributed by atoms with E-state index in [1.807, 2.05) is 0 Å². The van der Waals surface area contributed by atoms with E-state index in [0.29, 0.717) is 0 Å². The quantitative estimate of drug-likeness (QED) is 0.705. The van der Waals surface area contributed by atoms with E-state index in [1.54, 1.807) is 6.92 Å². The van der Waals surface area contributed by atoms with Crippen molar-refractivity contribution >= 4 is 23.7 Å². The van der Waals surface area contributed by atoms with Gasteiger partial charge in [-0.05, 0) is 25.1 Å². The number of nitrogens with one attached hydrogen (secondary N) is 2. The molecular formula is C12H13FN2O5. The number of halogens is 1. The van der Waals surface area contributed by atoms with Gasteiger partial charge in [-0.3, -0.25) is 4.79 Å². The van der Waals surface area contributed by atoms with Crippen LogP contribution >= 0.6 is 0 Å². The molecule has 3 N–H and O–H groups in total. The van der Waals surface area contributed by atoms with Crippen molar-refractivity contribution in [2.45, 2.75) is 6.92 Å². The average molecular weight is 284 g/mol. The first-order valence-electron chi connectivity index (χ1n) is 5.67. The minimum Gasteiger partial charge on any atom is -0.478 e. The van der Waals surface area contributed by atoms with Crippen LogP contribution in [0.5, 0.6) is 0 Å². The maximum absolute atomic E-state index is 12.9. The van der Waals surface area contributed by atoms with Crippen molar-refractivity contribution in [2.75, 3.05) is 18.5 Å². The number of carbonyl (C=O) groups excluding carboxylic acids is 2. The summed E-state index contributed by atoms with van der Waals surface area (Å²) in [5.41, 5.74) is -0.475. The molecule has 0 aliphatic carbocycles. The Kier molecular flexibility index (Phi) is 5.45. The number of urea groups is 1. The fraction of sp³-hybridized carbons (Fsp3) is 0.250. The van der Waals surface area contributed by atoms with Gasteiger partial charge in [0.2, 0.25) is 0 Å². The molecule has 0 radical (unpaired) electrons. The van der Waals surface area contributed by atoms with Gasteiger partial charge in [0, 0.05) is 0 Å². The highest BCUT2D eigenvalue weighted by atomic mass is 19.1. The molecule has 0 aromatic heterocycles. The van der Waals surface area contributed by atoms with Crippen molar-refractivity contribution in [3.8, 4) is 0 Å². The predicted molar refractivity (Wildman–Crippen MR) is 67.0 cm³/mol. The molecule has 1 rings (SSSR count). The van der Waals surface area contributed by atoms with Crippen LogP contribution in [0, 0.1) is 5.82 Å². The van der Waals surface area contributed by atoms with E-state index in [0.717, 1.165) is 18.2 Å². The van der Waals surface area contributed by atoms with Crippen molar-refractivity contribution in [3.63, 3.8) is 0 Å². The summed E-state index contributed by atoms with van der Waals surface area (Å²) in [6.07, 6.45) is 0. The number of carboxylic acid groups (broad SMARTS) is 1. The van der Waals surface area contributed by atoms with Gasteiger partial charge < -0.3 is 20.5 Å². The molecule has 0 bridgehead atoms. The molecule has 0 atom stereocenters. The van der Waals surface area contributed by atoms with Crippen LogP contribution in [0.2, 0.25) is 0 Å². The van der Waals surface area contributed by atoms with Gasteiger partial charge in [0.1, 0.15) is 12.4 Å². The molecule has 1 aromatic carbocycles. The van der Waals surface area contributed by atoms with Gasteiger partial charge in [-0.25, -0.2) is 14.0 Å². The zero-order chi connectivity index (χ0) is 15.1. The zero-order valence-electron chi connectivity index (χ0n) is 10.6. The van der Waals surface area contributed by atoms with Crippen LogP contribution in [0.4, 0.5) is 14.9 Å². The maximum atomic E-state index is 12.9. The van der Waals surface area contributed by atoms with Crippen LogP contribution in [0.1, 0.15) is 17.3 Å². The third-order valence-electron chi connectivity index (χ3n) is 2.16. The normalized spacial score (nSPS) is 9.70. The first kappa shape index (κ1) is 15.4. The van der Waals surface area contributed by atoms with Crippen molar-refractivity contribution in [1.82, 2.24) is 5.32 Å². The Labute approximate surface area is 113 Å². The molecule has 20 heavy (non-hydrogen) atoms. The minimum atomic E-state index is -1.38. The summed E-state index contributed by atoms with van der Waals surface area (Å²) < 4.78 is 17.5. The smallest absolute Gasteiger partial charge is 0.337 e. The molecule has 2 amide bonds. The highest BCUT2D eigenvalue weighted by Gasteiger charge is 2.14. The van der Waals surface area contributed by atoms with E-state index in [-0.39, 0.29) is 18.8 Å². The molecule has 108 valence electrons. The van der Waals surface area contributed by atoms with Crippen molar-refractivity contribution in [2.24, 2.45) is 0 Å². The lowest BCUT2D eigenvalue weighted by Gasteiger charge is -2.09. The first-order valence-corrected chi connectivity index (χ1v) is 5.67. The Balaban J connectivity index is 2.66. The lowest BCUT2D eigenvalue weighted by atomic mass is 10.2. The molecule has 0 saturated carbocycles. The van der Waals surface area contributed by atoms with Gasteiger partial charge in [0.15, 0.2) is 0 Å². The second kappa shape index (κ2) is 7.07. The molecule has 8 heteroatoms. The Morgan fingerprint density at radius 2 is 2.05 bits per heavy atom. The van der Waals surface area contributed by atoms with Crippen LogP contribution in [0.3, 0.4) is 0 Å². The summed E-state index contributed by atoms with van der Waals surface area (Å²) in [5, 5.41) is 13.3. The monoisotopic (exact) mass is 284 g/mol. The third kappa shape index (κ3) is 4.56. The summed E-state index contributed by atoms with van der Waals surface area (Å²) in [7, 11) is 0. The highest BCUT2D eigenvalue weighted by molar-refractivity contribution is 6.00. The van der Waals surface area contributed by atoms with Crippen LogP contribution < -0.4 is 10.6 Å². The number of esters is 1. The summed E-state index contributed by atoms with van der Waals surface area (Å²) >= 11 is 0. The number of anilines is 1. The second-order valence-electron chi connectivity index (χ2n) is 3.61. The molecule has 0 heterocycles. The van der Waals surface area contributed by atoms with Crippen LogP contribution in [0.25, 0.3) is 0 Å². The summed E-state index contributed by atoms with van der Waals surface area (Å²) in [5.74, 6) is -2.75. The number of amides is 2. The summed E-state index contributed by atoms with van der Waals surface area (Å²) in [6, 6.07) is 2.10. The number of carboxylic acids is 1. The van der Waals surface area contributed by atoms with E-state index in [4.69, 9.17) is 5.11 Å². The van der Waals surface area contributed by atoms with Gasteiger partial charge >= 0.3 is 18.0 Å². The lowest BCUT2D eigenvalue weighted by Crippen LogP contribution is -2.34. The van der Waals surface area contributed by atoms with Crippen LogP contribution in [-0.4, -0.2) is 36.2 Å². The SMILES string of the molecule is CCOC(=O)CNC(=O)Nc1ccc(F)cc1C(=O)O. The molecule has 0 fully saturated rings. The van der Waals surface area contributed by atoms with E-state index in [1.165, 1.54) is 0 Å². The summed E-state index contributed by atoms with van der Waals surface area (Å²) in [4.78, 5) is 33.4. The van der Waals surface area contributed by atoms with Gasteiger partial charge in [-0.1, -0.05) is 0 Å². The minimum absolute atomic E-state index is 0.0831. The molecule has 0 saturated heterocycles. The molecule has 7 nitrogen and oxygen atoms in total. The molecular weight excluding hydrogens is 271 g/mol. The maximum Gasteiger partial charge on any atom is 0.337 e. The standard InChI is InChI=1S/C12H13FN2O5/c1-2-20-10(16)6-14-12(19)15-9-4-3-7(13)5-8(9)11(17)18/h3-5H,2,6H2,1H3,(H,17,18)(H2,14,15,19). The summed E-state index contributed by atoms with van der Waals surface area (Å²) in [6.45, 7) is 1.45. The molecule has 0 spiro atoms. The van der Waals surface area contributed by atoms with E-state index in [9.17, 15) is 18.8 Å². The molecule has 0 aliphatic rings. The predicted octanol–water partition coefficient (Wildman–Crippen LogP) is 1.21. The van der Waals surface area contributed by atoms with Gasteiger partial charge in [0.25, 0.3) is 0 Å². The first-order chi connectivity index (χ1) is 9.43. The number of rotatable bonds is 5. The fourth-order valence-electron chi connectivity index (χ4n) is 1.33. The van der Waals surface area contributed by atoms with Crippen molar-refractivity contribution < 1.29 is 28.6 Å². The topological polar surface area (TPSA) is 105 Å². The lowest BCUT2D eigenvalue weighted by molar-refractivity contribution is -0.141. The van der Waals surface area contributed by atoms with Crippen LogP contribution in [0.15, 0.2) is 18.2 Å². The van der Waals surface area contributed by atoms with E-state index < -0.39 is 29.4 Å². The highest BCUT2D eigenvalue weighted by Crippen LogP contribution is 2.16. The zero-order valence-corrected chi connectivity index (χ0v) is 10.6. The Bertz CT molecular complexity index is 533. The van der Waals surface area contributed by atoms with Crippen molar-refractivity contribution in [1.29, 1.82) is 0 Å². The van der Waals surface area contributed by atoms with Gasteiger partial charge in [-0.2, -0.15) is 0 Å². The van der Waals surface area contributed by atoms with Crippen LogP contribution in [-0.2, 0) is 9.53 Å². The van der Waals surface area contributed by atoms with E-state index in [2.05, 4.69) is 15.4 Å². The Morgan fingerprint density at radius 1 is 1.35 bits per heavy atom. The molecule has 0 unspecified atom stereocenters. The second-order valence-corrected chi connectivity index (χ2v) is 3.61. The number of hydrogen-bond acceptors (Lipinski definition) is 4. The third-order valence-corrected chi connectivity index (χ3v) is 2.16. The number of hydrogen-bond donors (Lipinski definition) is 3. The van der Waals surface area contributed by atoms with Gasteiger partial charge in [0.05, 0.1) is 17.9 Å². The van der Waals surface area contributed by atoms with Crippen molar-refractivity contribution in [3.05, 3.63) is 29.6 Å². The number of aromatic carboxylic acids is 1.